The van der Waals surface area contributed by atoms with Gasteiger partial charge < -0.3 is 15.0 Å². The summed E-state index contributed by atoms with van der Waals surface area (Å²) in [4.78, 5) is 25.9. The summed E-state index contributed by atoms with van der Waals surface area (Å²) in [6, 6.07) is 4.06. The lowest BCUT2D eigenvalue weighted by Gasteiger charge is -2.20. The van der Waals surface area contributed by atoms with Crippen molar-refractivity contribution < 1.29 is 4.79 Å². The van der Waals surface area contributed by atoms with Gasteiger partial charge in [0.2, 0.25) is 0 Å². The second kappa shape index (κ2) is 6.40. The van der Waals surface area contributed by atoms with Gasteiger partial charge in [-0.15, -0.1) is 0 Å². The zero-order valence-electron chi connectivity index (χ0n) is 15.2. The smallest absolute Gasteiger partial charge is 0.270 e. The Morgan fingerprint density at radius 2 is 2.19 bits per heavy atom. The molecule has 0 bridgehead atoms. The number of carbonyl (C=O) groups excluding carboxylic acids is 1. The van der Waals surface area contributed by atoms with Crippen LogP contribution in [0.5, 0.6) is 0 Å². The van der Waals surface area contributed by atoms with Crippen LogP contribution >= 0.6 is 0 Å². The highest BCUT2D eigenvalue weighted by Gasteiger charge is 2.24. The number of aromatic nitrogens is 4. The van der Waals surface area contributed by atoms with Crippen molar-refractivity contribution in [3.63, 3.8) is 0 Å². The van der Waals surface area contributed by atoms with Gasteiger partial charge in [0, 0.05) is 24.2 Å². The zero-order chi connectivity index (χ0) is 18.3. The number of aryl methyl sites for hydroxylation is 1. The Morgan fingerprint density at radius 1 is 1.35 bits per heavy atom. The lowest BCUT2D eigenvalue weighted by atomic mass is 10.1. The van der Waals surface area contributed by atoms with Crippen LogP contribution in [-0.4, -0.2) is 31.8 Å². The fourth-order valence-corrected chi connectivity index (χ4v) is 3.22. The van der Waals surface area contributed by atoms with Gasteiger partial charge in [-0.25, -0.2) is 15.0 Å². The minimum absolute atomic E-state index is 0.121. The minimum atomic E-state index is -0.121. The number of fused-ring (bicyclic) bond motifs is 2. The van der Waals surface area contributed by atoms with E-state index in [0.29, 0.717) is 24.6 Å². The molecule has 3 aromatic rings. The van der Waals surface area contributed by atoms with E-state index in [1.807, 2.05) is 45.3 Å². The lowest BCUT2D eigenvalue weighted by molar-refractivity contribution is 0.0940. The molecule has 4 heterocycles. The van der Waals surface area contributed by atoms with Crippen molar-refractivity contribution in [2.24, 2.45) is 0 Å². The van der Waals surface area contributed by atoms with Crippen molar-refractivity contribution in [1.82, 2.24) is 24.7 Å². The van der Waals surface area contributed by atoms with Crippen molar-refractivity contribution in [3.05, 3.63) is 52.9 Å². The predicted octanol–water partition coefficient (Wildman–Crippen LogP) is 2.45. The zero-order valence-corrected chi connectivity index (χ0v) is 15.2. The number of carbonyl (C=O) groups is 1. The summed E-state index contributed by atoms with van der Waals surface area (Å²) in [6.45, 7) is 7.29. The largest absolute Gasteiger partial charge is 0.364 e. The number of rotatable bonds is 4. The molecule has 26 heavy (non-hydrogen) atoms. The maximum Gasteiger partial charge on any atom is 0.270 e. The highest BCUT2D eigenvalue weighted by Crippen LogP contribution is 2.24. The Morgan fingerprint density at radius 3 is 3.00 bits per heavy atom. The molecule has 1 aliphatic rings. The van der Waals surface area contributed by atoms with E-state index in [1.54, 1.807) is 0 Å². The van der Waals surface area contributed by atoms with E-state index < -0.39 is 0 Å². The van der Waals surface area contributed by atoms with Gasteiger partial charge in [0.15, 0.2) is 0 Å². The highest BCUT2D eigenvalue weighted by atomic mass is 16.1. The number of nitrogens with one attached hydrogen (secondary N) is 2. The van der Waals surface area contributed by atoms with Crippen molar-refractivity contribution in [2.75, 3.05) is 11.9 Å². The molecule has 1 amide bonds. The van der Waals surface area contributed by atoms with E-state index in [0.717, 1.165) is 34.7 Å². The second-order valence-electron chi connectivity index (χ2n) is 6.91. The van der Waals surface area contributed by atoms with E-state index in [9.17, 15) is 4.79 Å². The molecule has 0 aromatic carbocycles. The Balaban J connectivity index is 1.69. The number of nitrogens with zero attached hydrogens (tertiary/aromatic N) is 4. The molecule has 3 aromatic heterocycles. The topological polar surface area (TPSA) is 84.2 Å². The van der Waals surface area contributed by atoms with Gasteiger partial charge in [-0.1, -0.05) is 19.9 Å². The first kappa shape index (κ1) is 16.5. The third-order valence-electron chi connectivity index (χ3n) is 4.66. The van der Waals surface area contributed by atoms with Crippen LogP contribution in [-0.2, 0) is 13.0 Å². The van der Waals surface area contributed by atoms with Gasteiger partial charge in [0.25, 0.3) is 5.91 Å². The van der Waals surface area contributed by atoms with Crippen LogP contribution in [0.3, 0.4) is 0 Å². The van der Waals surface area contributed by atoms with Crippen molar-refractivity contribution in [3.8, 4) is 0 Å². The highest BCUT2D eigenvalue weighted by molar-refractivity contribution is 5.96. The molecular weight excluding hydrogens is 328 g/mol. The molecule has 2 N–H and O–H groups in total. The number of amides is 1. The summed E-state index contributed by atoms with van der Waals surface area (Å²) in [5.74, 6) is 1.45. The van der Waals surface area contributed by atoms with Crippen molar-refractivity contribution in [2.45, 2.75) is 39.7 Å². The standard InChI is InChI=1S/C19H22N6O/c1-11(2)16-23-15-14(6-7-20-19(15)26)17(24-16)21-9-13-10-22-18-12(3)5-4-8-25(13)18/h4-5,8,10-11H,6-7,9H2,1-3H3,(H,20,26)(H,21,23,24). The number of anilines is 1. The van der Waals surface area contributed by atoms with Crippen molar-refractivity contribution >= 4 is 17.4 Å². The average molecular weight is 350 g/mol. The van der Waals surface area contributed by atoms with Gasteiger partial charge in [-0.2, -0.15) is 0 Å². The van der Waals surface area contributed by atoms with Crippen LogP contribution < -0.4 is 10.6 Å². The fourth-order valence-electron chi connectivity index (χ4n) is 3.22. The summed E-state index contributed by atoms with van der Waals surface area (Å²) in [5, 5.41) is 6.27. The fraction of sp³-hybridized carbons (Fsp3) is 0.368. The van der Waals surface area contributed by atoms with Gasteiger partial charge in [0.05, 0.1) is 18.4 Å². The van der Waals surface area contributed by atoms with Gasteiger partial charge >= 0.3 is 0 Å². The number of hydrogen-bond donors (Lipinski definition) is 2. The van der Waals surface area contributed by atoms with Gasteiger partial charge in [-0.05, 0) is 25.0 Å². The summed E-state index contributed by atoms with van der Waals surface area (Å²) in [7, 11) is 0. The minimum Gasteiger partial charge on any atom is -0.364 e. The normalized spacial score (nSPS) is 13.8. The molecule has 0 spiro atoms. The monoisotopic (exact) mass is 350 g/mol. The van der Waals surface area contributed by atoms with Gasteiger partial charge in [-0.3, -0.25) is 4.79 Å². The summed E-state index contributed by atoms with van der Waals surface area (Å²) in [5.41, 5.74) is 4.52. The first-order chi connectivity index (χ1) is 12.5. The Labute approximate surface area is 151 Å². The quantitative estimate of drug-likeness (QED) is 0.755. The van der Waals surface area contributed by atoms with E-state index >= 15 is 0 Å². The Bertz CT molecular complexity index is 991. The molecule has 4 rings (SSSR count). The summed E-state index contributed by atoms with van der Waals surface area (Å²) < 4.78 is 2.08. The van der Waals surface area contributed by atoms with E-state index in [2.05, 4.69) is 30.0 Å². The predicted molar refractivity (Wildman–Crippen MR) is 99.4 cm³/mol. The SMILES string of the molecule is Cc1cccn2c(CNc3nc(C(C)C)nc4c3CCNC4=O)cnc12. The molecule has 0 aliphatic carbocycles. The molecule has 0 saturated heterocycles. The Kier molecular flexibility index (Phi) is 4.06. The maximum absolute atomic E-state index is 12.2. The molecule has 1 aliphatic heterocycles. The first-order valence-corrected chi connectivity index (χ1v) is 8.89. The third-order valence-corrected chi connectivity index (χ3v) is 4.66. The molecule has 0 atom stereocenters. The molecule has 7 nitrogen and oxygen atoms in total. The number of imidazole rings is 1. The van der Waals surface area contributed by atoms with E-state index in [1.165, 1.54) is 0 Å². The summed E-state index contributed by atoms with van der Waals surface area (Å²) in [6.07, 6.45) is 4.61. The number of pyridine rings is 1. The van der Waals surface area contributed by atoms with Crippen LogP contribution in [0, 0.1) is 6.92 Å². The molecule has 7 heteroatoms. The second-order valence-corrected chi connectivity index (χ2v) is 6.91. The van der Waals surface area contributed by atoms with Crippen LogP contribution in [0.1, 0.15) is 52.9 Å². The Hall–Kier alpha value is -2.96. The summed E-state index contributed by atoms with van der Waals surface area (Å²) >= 11 is 0. The van der Waals surface area contributed by atoms with Crippen molar-refractivity contribution in [1.29, 1.82) is 0 Å². The van der Waals surface area contributed by atoms with Crippen LogP contribution in [0.2, 0.25) is 0 Å². The molecule has 0 radical (unpaired) electrons. The van der Waals surface area contributed by atoms with E-state index in [4.69, 9.17) is 0 Å². The van der Waals surface area contributed by atoms with E-state index in [-0.39, 0.29) is 11.8 Å². The third kappa shape index (κ3) is 2.79. The molecule has 0 fully saturated rings. The first-order valence-electron chi connectivity index (χ1n) is 8.89. The molecule has 0 unspecified atom stereocenters. The number of hydrogen-bond acceptors (Lipinski definition) is 5. The maximum atomic E-state index is 12.2. The molecular formula is C19H22N6O. The van der Waals surface area contributed by atoms with Crippen LogP contribution in [0.4, 0.5) is 5.82 Å². The molecule has 134 valence electrons. The molecule has 0 saturated carbocycles. The van der Waals surface area contributed by atoms with Crippen LogP contribution in [0.15, 0.2) is 24.5 Å². The van der Waals surface area contributed by atoms with Gasteiger partial charge in [0.1, 0.15) is 23.0 Å². The average Bonchev–Trinajstić information content (AvgIpc) is 3.04. The van der Waals surface area contributed by atoms with Crippen LogP contribution in [0.25, 0.3) is 5.65 Å². The lowest BCUT2D eigenvalue weighted by Crippen LogP contribution is -2.34.